The lowest BCUT2D eigenvalue weighted by Gasteiger charge is -2.35. The van der Waals surface area contributed by atoms with Crippen LogP contribution in [0.25, 0.3) is 21.8 Å². The summed E-state index contributed by atoms with van der Waals surface area (Å²) in [4.78, 5) is 10.3. The molecule has 3 heterocycles. The summed E-state index contributed by atoms with van der Waals surface area (Å²) >= 11 is 0. The minimum absolute atomic E-state index is 0. The smallest absolute Gasteiger partial charge is 0.123 e. The van der Waals surface area contributed by atoms with Gasteiger partial charge in [0.05, 0.1) is 5.52 Å². The Morgan fingerprint density at radius 3 is 2.84 bits per heavy atom. The summed E-state index contributed by atoms with van der Waals surface area (Å²) in [6.07, 6.45) is 6.77. The molecule has 0 saturated carbocycles. The molecule has 32 heavy (non-hydrogen) atoms. The van der Waals surface area contributed by atoms with Gasteiger partial charge >= 0.3 is 0 Å². The number of benzene rings is 2. The number of pyridine rings is 1. The van der Waals surface area contributed by atoms with Crippen LogP contribution < -0.4 is 4.74 Å². The molecule has 4 nitrogen and oxygen atoms in total. The summed E-state index contributed by atoms with van der Waals surface area (Å²) < 4.78 is 19.9. The molecule has 0 saturated heterocycles. The second kappa shape index (κ2) is 10.5. The average molecular weight is 476 g/mol. The Hall–Kier alpha value is -2.34. The third-order valence-electron chi connectivity index (χ3n) is 6.15. The first kappa shape index (κ1) is 24.3. The molecule has 0 spiro atoms. The van der Waals surface area contributed by atoms with Gasteiger partial charge in [-0.2, -0.15) is 0 Å². The summed E-state index contributed by atoms with van der Waals surface area (Å²) in [6, 6.07) is 13.5. The van der Waals surface area contributed by atoms with Crippen LogP contribution in [-0.2, 0) is 12.8 Å². The lowest BCUT2D eigenvalue weighted by Crippen LogP contribution is -2.44. The minimum atomic E-state index is -0.188. The molecule has 2 aromatic heterocycles. The molecule has 0 aliphatic carbocycles. The second-order valence-electron chi connectivity index (χ2n) is 8.07. The van der Waals surface area contributed by atoms with Crippen LogP contribution in [-0.4, -0.2) is 40.6 Å². The quantitative estimate of drug-likeness (QED) is 0.374. The number of nitrogens with zero attached hydrogens (tertiary/aromatic N) is 2. The molecule has 5 rings (SSSR count). The van der Waals surface area contributed by atoms with Gasteiger partial charge in [-0.1, -0.05) is 13.0 Å². The first-order chi connectivity index (χ1) is 14.7. The Morgan fingerprint density at radius 1 is 1.12 bits per heavy atom. The monoisotopic (exact) mass is 475 g/mol. The van der Waals surface area contributed by atoms with E-state index in [4.69, 9.17) is 4.74 Å². The zero-order valence-corrected chi connectivity index (χ0v) is 19.6. The summed E-state index contributed by atoms with van der Waals surface area (Å²) in [6.45, 7) is 4.85. The van der Waals surface area contributed by atoms with Gasteiger partial charge in [-0.05, 0) is 67.8 Å². The molecule has 0 amide bonds. The number of hydrogen-bond donors (Lipinski definition) is 1. The van der Waals surface area contributed by atoms with E-state index in [-0.39, 0.29) is 30.6 Å². The number of aromatic amines is 1. The number of ether oxygens (including phenoxy) is 1. The number of hydrogen-bond acceptors (Lipinski definition) is 3. The lowest BCUT2D eigenvalue weighted by atomic mass is 9.96. The van der Waals surface area contributed by atoms with Crippen molar-refractivity contribution in [3.63, 3.8) is 0 Å². The minimum Gasteiger partial charge on any atom is -0.492 e. The van der Waals surface area contributed by atoms with Crippen molar-refractivity contribution in [3.05, 3.63) is 71.8 Å². The van der Waals surface area contributed by atoms with E-state index in [1.807, 2.05) is 36.7 Å². The standard InChI is InChI=1S/C25H26FN3O.2ClH/c1-2-11-29(12-9-17-15-28-24-6-5-18(26)13-21(17)24)19-14-22-20-4-3-10-27-23(20)7-8-25(22)30-16-19;;/h3-8,10,13,15,19,28H,2,9,11-12,14,16H2,1H3;2*1H. The normalized spacial score (nSPS) is 15.2. The zero-order chi connectivity index (χ0) is 20.5. The molecular formula is C25H28Cl2FN3O. The van der Waals surface area contributed by atoms with Crippen molar-refractivity contribution >= 4 is 46.6 Å². The Bertz CT molecular complexity index is 1200. The summed E-state index contributed by atoms with van der Waals surface area (Å²) in [5, 5.41) is 2.16. The van der Waals surface area contributed by atoms with Crippen LogP contribution in [0.15, 0.2) is 54.9 Å². The highest BCUT2D eigenvalue weighted by Crippen LogP contribution is 2.32. The Balaban J connectivity index is 0.00000144. The molecular weight excluding hydrogens is 448 g/mol. The SMILES string of the molecule is CCCN(CCc1c[nH]c2ccc(F)cc12)C1COc2ccc3ncccc3c2C1.Cl.Cl. The topological polar surface area (TPSA) is 41.2 Å². The van der Waals surface area contributed by atoms with E-state index >= 15 is 0 Å². The Morgan fingerprint density at radius 2 is 2.00 bits per heavy atom. The molecule has 0 radical (unpaired) electrons. The molecule has 1 atom stereocenters. The van der Waals surface area contributed by atoms with Crippen LogP contribution in [0.2, 0.25) is 0 Å². The van der Waals surface area contributed by atoms with Gasteiger partial charge in [0.2, 0.25) is 0 Å². The maximum absolute atomic E-state index is 13.7. The van der Waals surface area contributed by atoms with Gasteiger partial charge < -0.3 is 9.72 Å². The third kappa shape index (κ3) is 4.70. The van der Waals surface area contributed by atoms with Crippen molar-refractivity contribution < 1.29 is 9.13 Å². The van der Waals surface area contributed by atoms with Crippen LogP contribution in [0.5, 0.6) is 5.75 Å². The van der Waals surface area contributed by atoms with Crippen molar-refractivity contribution in [1.82, 2.24) is 14.9 Å². The number of H-pyrrole nitrogens is 1. The van der Waals surface area contributed by atoms with Crippen molar-refractivity contribution in [1.29, 1.82) is 0 Å². The van der Waals surface area contributed by atoms with E-state index in [1.54, 1.807) is 6.07 Å². The van der Waals surface area contributed by atoms with Crippen LogP contribution in [0, 0.1) is 5.82 Å². The summed E-state index contributed by atoms with van der Waals surface area (Å²) in [7, 11) is 0. The molecule has 0 fully saturated rings. The number of rotatable bonds is 6. The van der Waals surface area contributed by atoms with E-state index in [2.05, 4.69) is 27.9 Å². The molecule has 1 unspecified atom stereocenters. The number of nitrogens with one attached hydrogen (secondary N) is 1. The molecule has 4 aromatic rings. The Kier molecular flexibility index (Phi) is 7.99. The predicted molar refractivity (Wildman–Crippen MR) is 133 cm³/mol. The average Bonchev–Trinajstić information content (AvgIpc) is 3.18. The molecule has 7 heteroatoms. The highest BCUT2D eigenvalue weighted by Gasteiger charge is 2.26. The molecule has 1 aliphatic rings. The third-order valence-corrected chi connectivity index (χ3v) is 6.15. The van der Waals surface area contributed by atoms with Crippen molar-refractivity contribution in [2.45, 2.75) is 32.2 Å². The van der Waals surface area contributed by atoms with Gasteiger partial charge in [0.25, 0.3) is 0 Å². The molecule has 0 bridgehead atoms. The van der Waals surface area contributed by atoms with Crippen LogP contribution in [0.3, 0.4) is 0 Å². The molecule has 2 aromatic carbocycles. The highest BCUT2D eigenvalue weighted by molar-refractivity contribution is 5.86. The van der Waals surface area contributed by atoms with Crippen LogP contribution in [0.4, 0.5) is 4.39 Å². The van der Waals surface area contributed by atoms with Crippen LogP contribution >= 0.6 is 24.8 Å². The molecule has 1 aliphatic heterocycles. The van der Waals surface area contributed by atoms with Gasteiger partial charge in [-0.25, -0.2) is 4.39 Å². The largest absolute Gasteiger partial charge is 0.492 e. The van der Waals surface area contributed by atoms with Gasteiger partial charge in [0.15, 0.2) is 0 Å². The molecule has 170 valence electrons. The van der Waals surface area contributed by atoms with E-state index in [0.717, 1.165) is 60.1 Å². The van der Waals surface area contributed by atoms with Gasteiger partial charge in [-0.3, -0.25) is 9.88 Å². The fourth-order valence-electron chi connectivity index (χ4n) is 4.64. The summed E-state index contributed by atoms with van der Waals surface area (Å²) in [5.41, 5.74) is 4.43. The van der Waals surface area contributed by atoms with Gasteiger partial charge in [0, 0.05) is 46.8 Å². The predicted octanol–water partition coefficient (Wildman–Crippen LogP) is 5.96. The van der Waals surface area contributed by atoms with Crippen molar-refractivity contribution in [3.8, 4) is 5.75 Å². The van der Waals surface area contributed by atoms with E-state index in [0.29, 0.717) is 12.6 Å². The van der Waals surface area contributed by atoms with E-state index in [9.17, 15) is 4.39 Å². The van der Waals surface area contributed by atoms with E-state index < -0.39 is 0 Å². The first-order valence-electron chi connectivity index (χ1n) is 10.7. The lowest BCUT2D eigenvalue weighted by molar-refractivity contribution is 0.121. The van der Waals surface area contributed by atoms with Crippen molar-refractivity contribution in [2.75, 3.05) is 19.7 Å². The van der Waals surface area contributed by atoms with Gasteiger partial charge in [0.1, 0.15) is 18.2 Å². The fourth-order valence-corrected chi connectivity index (χ4v) is 4.64. The maximum Gasteiger partial charge on any atom is 0.123 e. The van der Waals surface area contributed by atoms with Gasteiger partial charge in [-0.15, -0.1) is 24.8 Å². The van der Waals surface area contributed by atoms with Crippen LogP contribution in [0.1, 0.15) is 24.5 Å². The number of halogens is 3. The Labute approximate surface area is 200 Å². The zero-order valence-electron chi connectivity index (χ0n) is 18.0. The highest BCUT2D eigenvalue weighted by atomic mass is 35.5. The summed E-state index contributed by atoms with van der Waals surface area (Å²) in [5.74, 6) is 0.793. The second-order valence-corrected chi connectivity index (χ2v) is 8.07. The van der Waals surface area contributed by atoms with Crippen molar-refractivity contribution in [2.24, 2.45) is 0 Å². The fraction of sp³-hybridized carbons (Fsp3) is 0.320. The number of fused-ring (bicyclic) bond motifs is 4. The molecule has 1 N–H and O–H groups in total. The number of aromatic nitrogens is 2. The first-order valence-corrected chi connectivity index (χ1v) is 10.7. The van der Waals surface area contributed by atoms with E-state index in [1.165, 1.54) is 17.0 Å². The maximum atomic E-state index is 13.7.